The number of aromatic nitrogens is 1. The number of fused-ring (bicyclic) bond motifs is 6. The molecule has 1 heterocycles. The summed E-state index contributed by atoms with van der Waals surface area (Å²) in [6.45, 7) is 6.04. The Kier molecular flexibility index (Phi) is 7.25. The van der Waals surface area contributed by atoms with Gasteiger partial charge in [-0.3, -0.25) is 4.79 Å². The first-order chi connectivity index (χ1) is 19.9. The zero-order valence-electron chi connectivity index (χ0n) is 24.7. The largest absolute Gasteiger partial charge is 0.480 e. The predicted molar refractivity (Wildman–Crippen MR) is 159 cm³/mol. The minimum atomic E-state index is -1.11. The predicted octanol–water partition coefficient (Wildman–Crippen LogP) is 4.34. The van der Waals surface area contributed by atoms with E-state index in [-0.39, 0.29) is 29.8 Å². The third-order valence-electron chi connectivity index (χ3n) is 11.6. The number of benzene rings is 1. The molecule has 3 fully saturated rings. The van der Waals surface area contributed by atoms with E-state index in [0.717, 1.165) is 54.3 Å². The summed E-state index contributed by atoms with van der Waals surface area (Å²) in [6, 6.07) is 6.55. The number of carboxylic acid groups (broad SMARTS) is 1. The number of aliphatic carboxylic acids is 1. The van der Waals surface area contributed by atoms with Crippen molar-refractivity contribution in [3.8, 4) is 0 Å². The Labute approximate surface area is 246 Å². The molecule has 5 N–H and O–H groups in total. The van der Waals surface area contributed by atoms with Crippen molar-refractivity contribution in [1.82, 2.24) is 10.3 Å². The van der Waals surface area contributed by atoms with Crippen LogP contribution in [0.4, 0.5) is 0 Å². The van der Waals surface area contributed by atoms with Gasteiger partial charge in [0.1, 0.15) is 6.04 Å². The van der Waals surface area contributed by atoms with Gasteiger partial charge in [0.25, 0.3) is 5.91 Å². The number of carbonyl (C=O) groups is 2. The van der Waals surface area contributed by atoms with Crippen LogP contribution in [0.1, 0.15) is 71.3 Å². The number of H-pyrrole nitrogens is 1. The van der Waals surface area contributed by atoms with Crippen molar-refractivity contribution in [3.63, 3.8) is 0 Å². The summed E-state index contributed by atoms with van der Waals surface area (Å²) in [5.74, 6) is -0.691. The van der Waals surface area contributed by atoms with Crippen molar-refractivity contribution in [2.45, 2.75) is 89.9 Å². The number of aliphatic hydroxyl groups excluding tert-OH is 1. The quantitative estimate of drug-likeness (QED) is 0.310. The first-order valence-electron chi connectivity index (χ1n) is 15.3. The Balaban J connectivity index is 1.09. The highest BCUT2D eigenvalue weighted by molar-refractivity contribution is 5.96. The summed E-state index contributed by atoms with van der Waals surface area (Å²) in [5.41, 5.74) is 2.65. The van der Waals surface area contributed by atoms with Crippen LogP contribution in [0.5, 0.6) is 0 Å². The number of nitrogens with one attached hydrogen (secondary N) is 2. The molecule has 42 heavy (non-hydrogen) atoms. The molecular weight excluding hydrogens is 534 g/mol. The van der Waals surface area contributed by atoms with Gasteiger partial charge in [-0.15, -0.1) is 0 Å². The topological polar surface area (TPSA) is 144 Å². The number of oxime groups is 1. The molecule has 0 spiro atoms. The van der Waals surface area contributed by atoms with Crippen molar-refractivity contribution in [3.05, 3.63) is 47.7 Å². The highest BCUT2D eigenvalue weighted by atomic mass is 16.6. The maximum atomic E-state index is 12.6. The lowest BCUT2D eigenvalue weighted by Gasteiger charge is -2.60. The van der Waals surface area contributed by atoms with E-state index in [4.69, 9.17) is 4.84 Å². The second-order valence-electron chi connectivity index (χ2n) is 13.8. The molecule has 1 aromatic heterocycles. The average molecular weight is 578 g/mol. The van der Waals surface area contributed by atoms with Crippen LogP contribution in [0.25, 0.3) is 10.9 Å². The van der Waals surface area contributed by atoms with E-state index >= 15 is 0 Å². The van der Waals surface area contributed by atoms with Crippen LogP contribution >= 0.6 is 0 Å². The van der Waals surface area contributed by atoms with Crippen LogP contribution in [0, 0.1) is 28.6 Å². The van der Waals surface area contributed by atoms with Gasteiger partial charge in [0.15, 0.2) is 6.61 Å². The highest BCUT2D eigenvalue weighted by Crippen LogP contribution is 2.67. The molecular formula is C33H43N3O6. The van der Waals surface area contributed by atoms with Crippen LogP contribution in [-0.2, 0) is 20.8 Å². The average Bonchev–Trinajstić information content (AvgIpc) is 3.45. The number of hydrogen-bond donors (Lipinski definition) is 5. The minimum Gasteiger partial charge on any atom is -0.480 e. The first-order valence-corrected chi connectivity index (χ1v) is 15.3. The van der Waals surface area contributed by atoms with E-state index < -0.39 is 29.6 Å². The molecule has 3 saturated carbocycles. The Morgan fingerprint density at radius 2 is 1.95 bits per heavy atom. The van der Waals surface area contributed by atoms with Crippen molar-refractivity contribution in [1.29, 1.82) is 0 Å². The smallest absolute Gasteiger partial charge is 0.326 e. The number of para-hydroxylation sites is 1. The van der Waals surface area contributed by atoms with Gasteiger partial charge in [-0.2, -0.15) is 0 Å². The maximum absolute atomic E-state index is 12.6. The summed E-state index contributed by atoms with van der Waals surface area (Å²) in [5, 5.41) is 40.1. The van der Waals surface area contributed by atoms with E-state index in [1.54, 1.807) is 6.20 Å². The Morgan fingerprint density at radius 1 is 1.17 bits per heavy atom. The number of allylic oxidation sites excluding steroid dienone is 2. The van der Waals surface area contributed by atoms with Gasteiger partial charge in [0.05, 0.1) is 17.4 Å². The third kappa shape index (κ3) is 4.74. The zero-order chi connectivity index (χ0) is 29.9. The maximum Gasteiger partial charge on any atom is 0.326 e. The molecule has 0 aliphatic heterocycles. The van der Waals surface area contributed by atoms with Crippen LogP contribution in [0.15, 0.2) is 47.3 Å². The second kappa shape index (κ2) is 10.5. The van der Waals surface area contributed by atoms with Crippen LogP contribution in [0.3, 0.4) is 0 Å². The molecule has 4 aliphatic carbocycles. The first kappa shape index (κ1) is 28.9. The lowest BCUT2D eigenvalue weighted by molar-refractivity contribution is -0.164. The van der Waals surface area contributed by atoms with Gasteiger partial charge in [-0.25, -0.2) is 4.79 Å². The number of amides is 1. The lowest BCUT2D eigenvalue weighted by atomic mass is 9.45. The molecule has 4 aliphatic rings. The molecule has 1 aromatic carbocycles. The van der Waals surface area contributed by atoms with E-state index in [0.29, 0.717) is 24.7 Å². The number of nitrogens with zero attached hydrogens (tertiary/aromatic N) is 1. The standard InChI is InChI=1S/C33H43N3O6/c1-31-12-10-21(15-20(31)8-9-23-24-11-13-33(3,41)32(24,2)16-27(37)29(23)31)36-42-18-28(38)35-26(30(39)40)14-19-17-34-25-7-5-4-6-22(19)25/h4-7,15,17,23-24,26-27,29,34,37,41H,8-14,16,18H2,1-3H3,(H,35,38)(H,39,40)/b36-21-/t23-,24+,26+,27+,29+,31-,32-,33-/m0/s1. The van der Waals surface area contributed by atoms with Gasteiger partial charge >= 0.3 is 5.97 Å². The van der Waals surface area contributed by atoms with E-state index in [2.05, 4.69) is 35.4 Å². The fourth-order valence-electron chi connectivity index (χ4n) is 9.12. The van der Waals surface area contributed by atoms with Crippen LogP contribution in [0.2, 0.25) is 0 Å². The molecule has 2 aromatic rings. The monoisotopic (exact) mass is 577 g/mol. The number of carboxylic acids is 1. The van der Waals surface area contributed by atoms with Gasteiger partial charge in [-0.1, -0.05) is 42.8 Å². The summed E-state index contributed by atoms with van der Waals surface area (Å²) in [4.78, 5) is 33.0. The Hall–Kier alpha value is -3.17. The van der Waals surface area contributed by atoms with Gasteiger partial charge in [0, 0.05) is 28.9 Å². The molecule has 9 heteroatoms. The van der Waals surface area contributed by atoms with Gasteiger partial charge < -0.3 is 30.5 Å². The van der Waals surface area contributed by atoms with E-state index in [1.165, 1.54) is 5.57 Å². The van der Waals surface area contributed by atoms with Crippen LogP contribution in [-0.4, -0.2) is 62.2 Å². The number of aliphatic hydroxyl groups is 2. The second-order valence-corrected chi connectivity index (χ2v) is 13.8. The minimum absolute atomic E-state index is 0.133. The van der Waals surface area contributed by atoms with Crippen molar-refractivity contribution in [2.75, 3.05) is 6.61 Å². The molecule has 8 atom stereocenters. The normalized spacial score (nSPS) is 37.4. The molecule has 0 bridgehead atoms. The van der Waals surface area contributed by atoms with Crippen molar-refractivity contribution in [2.24, 2.45) is 33.7 Å². The van der Waals surface area contributed by atoms with Gasteiger partial charge in [0.2, 0.25) is 0 Å². The van der Waals surface area contributed by atoms with Crippen molar-refractivity contribution < 1.29 is 29.7 Å². The fraction of sp³-hybridized carbons (Fsp3) is 0.606. The summed E-state index contributed by atoms with van der Waals surface area (Å²) >= 11 is 0. The summed E-state index contributed by atoms with van der Waals surface area (Å²) in [7, 11) is 0. The number of aromatic amines is 1. The molecule has 6 rings (SSSR count). The number of rotatable bonds is 7. The lowest BCUT2D eigenvalue weighted by Crippen LogP contribution is -2.59. The summed E-state index contributed by atoms with van der Waals surface area (Å²) < 4.78 is 0. The fourth-order valence-corrected chi connectivity index (χ4v) is 9.12. The Bertz CT molecular complexity index is 1440. The number of carbonyl (C=O) groups excluding carboxylic acids is 1. The molecule has 9 nitrogen and oxygen atoms in total. The molecule has 0 saturated heterocycles. The molecule has 0 radical (unpaired) electrons. The van der Waals surface area contributed by atoms with E-state index in [9.17, 15) is 24.9 Å². The van der Waals surface area contributed by atoms with E-state index in [1.807, 2.05) is 31.2 Å². The van der Waals surface area contributed by atoms with Gasteiger partial charge in [-0.05, 0) is 92.7 Å². The third-order valence-corrected chi connectivity index (χ3v) is 11.6. The molecule has 226 valence electrons. The highest BCUT2D eigenvalue weighted by Gasteiger charge is 2.64. The van der Waals surface area contributed by atoms with Crippen molar-refractivity contribution >= 4 is 28.5 Å². The number of hydrogen-bond acceptors (Lipinski definition) is 6. The molecule has 0 unspecified atom stereocenters. The Morgan fingerprint density at radius 3 is 2.74 bits per heavy atom. The SMILES string of the molecule is C[C@]12CC/C(=N/OCC(=O)N[C@H](Cc3c[nH]c4ccccc34)C(=O)O)C=C1CC[C@@H]1[C@@H]2[C@H](O)C[C@@]2(C)[C@@H]1CC[C@]2(C)O. The van der Waals surface area contributed by atoms with Crippen LogP contribution < -0.4 is 5.32 Å². The molecule has 1 amide bonds. The zero-order valence-corrected chi connectivity index (χ0v) is 24.7. The summed E-state index contributed by atoms with van der Waals surface area (Å²) in [6.07, 6.45) is 9.42.